The molecule has 0 radical (unpaired) electrons. The van der Waals surface area contributed by atoms with E-state index in [-0.39, 0.29) is 0 Å². The first-order chi connectivity index (χ1) is 8.43. The minimum absolute atomic E-state index is 0.432. The van der Waals surface area contributed by atoms with Gasteiger partial charge >= 0.3 is 12.1 Å². The Bertz CT molecular complexity index is 436. The van der Waals surface area contributed by atoms with Gasteiger partial charge in [-0.25, -0.2) is 0 Å². The molecule has 0 spiro atoms. The summed E-state index contributed by atoms with van der Waals surface area (Å²) in [6.07, 6.45) is -5.68. The van der Waals surface area contributed by atoms with Crippen molar-refractivity contribution in [3.05, 3.63) is 0 Å². The van der Waals surface area contributed by atoms with Crippen molar-refractivity contribution in [1.82, 2.24) is 9.44 Å². The molecule has 0 aromatic rings. The standard InChI is InChI=1S/C7H12F3N3O5S/c8-7(9,10)3-12-19(17,18)13-4(6(15)16)1-2-5(11)14/h4,12-13H,1-3H2,(H2,11,14)(H,15,16)/t4-/m0/s1. The number of nitrogens with two attached hydrogens (primary N) is 1. The van der Waals surface area contributed by atoms with E-state index in [9.17, 15) is 31.2 Å². The first kappa shape index (κ1) is 17.6. The number of carbonyl (C=O) groups excluding carboxylic acids is 1. The molecule has 0 rings (SSSR count). The summed E-state index contributed by atoms with van der Waals surface area (Å²) in [6, 6.07) is -1.75. The predicted molar refractivity (Wildman–Crippen MR) is 56.0 cm³/mol. The molecule has 0 aromatic carbocycles. The van der Waals surface area contributed by atoms with Gasteiger partial charge in [-0.05, 0) is 6.42 Å². The van der Waals surface area contributed by atoms with E-state index in [1.54, 1.807) is 0 Å². The van der Waals surface area contributed by atoms with Gasteiger partial charge in [-0.1, -0.05) is 0 Å². The molecular formula is C7H12F3N3O5S. The second kappa shape index (κ2) is 6.68. The molecule has 19 heavy (non-hydrogen) atoms. The van der Waals surface area contributed by atoms with Gasteiger partial charge in [0.15, 0.2) is 0 Å². The van der Waals surface area contributed by atoms with E-state index in [1.807, 2.05) is 0 Å². The van der Waals surface area contributed by atoms with Gasteiger partial charge in [0, 0.05) is 6.42 Å². The van der Waals surface area contributed by atoms with Crippen LogP contribution in [0.4, 0.5) is 13.2 Å². The minimum atomic E-state index is -4.78. The van der Waals surface area contributed by atoms with E-state index < -0.39 is 53.7 Å². The van der Waals surface area contributed by atoms with Crippen LogP contribution >= 0.6 is 0 Å². The fraction of sp³-hybridized carbons (Fsp3) is 0.714. The summed E-state index contributed by atoms with van der Waals surface area (Å²) in [4.78, 5) is 21.1. The lowest BCUT2D eigenvalue weighted by Crippen LogP contribution is -2.48. The average molecular weight is 307 g/mol. The predicted octanol–water partition coefficient (Wildman–Crippen LogP) is -1.31. The summed E-state index contributed by atoms with van der Waals surface area (Å²) in [7, 11) is -4.66. The number of alkyl halides is 3. The largest absolute Gasteiger partial charge is 0.480 e. The van der Waals surface area contributed by atoms with E-state index in [2.05, 4.69) is 0 Å². The molecule has 0 fully saturated rings. The van der Waals surface area contributed by atoms with Crippen molar-refractivity contribution in [2.75, 3.05) is 6.54 Å². The molecule has 0 saturated carbocycles. The van der Waals surface area contributed by atoms with Crippen molar-refractivity contribution in [2.45, 2.75) is 25.1 Å². The van der Waals surface area contributed by atoms with E-state index >= 15 is 0 Å². The Kier molecular flexibility index (Phi) is 6.18. The number of aliphatic carboxylic acids is 1. The third-order valence-corrected chi connectivity index (χ3v) is 2.86. The third kappa shape index (κ3) is 9.21. The molecule has 112 valence electrons. The summed E-state index contributed by atoms with van der Waals surface area (Å²) < 4.78 is 60.3. The number of hydrogen-bond donors (Lipinski definition) is 4. The van der Waals surface area contributed by atoms with Gasteiger partial charge in [0.05, 0.1) is 0 Å². The average Bonchev–Trinajstić information content (AvgIpc) is 2.20. The Balaban J connectivity index is 4.56. The Labute approximate surface area is 106 Å². The zero-order valence-electron chi connectivity index (χ0n) is 9.40. The number of carbonyl (C=O) groups is 2. The van der Waals surface area contributed by atoms with E-state index in [0.29, 0.717) is 0 Å². The number of carboxylic acid groups (broad SMARTS) is 1. The number of hydrogen-bond acceptors (Lipinski definition) is 4. The zero-order chi connectivity index (χ0) is 15.3. The molecule has 5 N–H and O–H groups in total. The maximum atomic E-state index is 11.8. The SMILES string of the molecule is NC(=O)CC[C@H](NS(=O)(=O)NCC(F)(F)F)C(=O)O. The van der Waals surface area contributed by atoms with Crippen LogP contribution in [-0.4, -0.2) is 44.2 Å². The second-order valence-electron chi connectivity index (χ2n) is 3.45. The number of rotatable bonds is 8. The van der Waals surface area contributed by atoms with Gasteiger partial charge in [-0.3, -0.25) is 9.59 Å². The lowest BCUT2D eigenvalue weighted by Gasteiger charge is -2.15. The molecule has 0 aliphatic carbocycles. The van der Waals surface area contributed by atoms with E-state index in [0.717, 1.165) is 4.72 Å². The maximum Gasteiger partial charge on any atom is 0.402 e. The van der Waals surface area contributed by atoms with Crippen molar-refractivity contribution in [1.29, 1.82) is 0 Å². The van der Waals surface area contributed by atoms with Gasteiger partial charge in [0.2, 0.25) is 5.91 Å². The zero-order valence-corrected chi connectivity index (χ0v) is 10.2. The number of primary amides is 1. The highest BCUT2D eigenvalue weighted by Gasteiger charge is 2.31. The van der Waals surface area contributed by atoms with Crippen LogP contribution in [0.2, 0.25) is 0 Å². The fourth-order valence-corrected chi connectivity index (χ4v) is 1.96. The first-order valence-electron chi connectivity index (χ1n) is 4.78. The van der Waals surface area contributed by atoms with Gasteiger partial charge in [0.25, 0.3) is 10.2 Å². The smallest absolute Gasteiger partial charge is 0.402 e. The summed E-state index contributed by atoms with van der Waals surface area (Å²) in [5, 5.41) is 8.65. The van der Waals surface area contributed by atoms with Crippen molar-refractivity contribution in [2.24, 2.45) is 5.73 Å². The fourth-order valence-electron chi connectivity index (χ4n) is 0.925. The number of nitrogens with one attached hydrogen (secondary N) is 2. The molecule has 1 atom stereocenters. The van der Waals surface area contributed by atoms with Gasteiger partial charge < -0.3 is 10.8 Å². The molecule has 0 heterocycles. The Morgan fingerprint density at radius 3 is 2.21 bits per heavy atom. The molecule has 8 nitrogen and oxygen atoms in total. The van der Waals surface area contributed by atoms with E-state index in [4.69, 9.17) is 10.8 Å². The lowest BCUT2D eigenvalue weighted by atomic mass is 10.2. The van der Waals surface area contributed by atoms with Crippen LogP contribution in [0.1, 0.15) is 12.8 Å². The molecule has 0 aromatic heterocycles. The second-order valence-corrected chi connectivity index (χ2v) is 4.98. The quantitative estimate of drug-likeness (QED) is 0.441. The molecule has 0 unspecified atom stereocenters. The van der Waals surface area contributed by atoms with Crippen molar-refractivity contribution < 1.29 is 36.3 Å². The van der Waals surface area contributed by atoms with Crippen LogP contribution in [0.25, 0.3) is 0 Å². The Morgan fingerprint density at radius 1 is 1.32 bits per heavy atom. The maximum absolute atomic E-state index is 11.8. The van der Waals surface area contributed by atoms with Crippen LogP contribution in [0.15, 0.2) is 0 Å². The Hall–Kier alpha value is -1.40. The lowest BCUT2D eigenvalue weighted by molar-refractivity contribution is -0.139. The Morgan fingerprint density at radius 2 is 1.84 bits per heavy atom. The third-order valence-electron chi connectivity index (χ3n) is 1.74. The minimum Gasteiger partial charge on any atom is -0.480 e. The molecule has 12 heteroatoms. The van der Waals surface area contributed by atoms with Crippen LogP contribution in [0.5, 0.6) is 0 Å². The van der Waals surface area contributed by atoms with Gasteiger partial charge in [0.1, 0.15) is 12.6 Å². The molecule has 1 amide bonds. The summed E-state index contributed by atoms with van der Waals surface area (Å²) in [5.74, 6) is -2.51. The number of amides is 1. The van der Waals surface area contributed by atoms with Crippen molar-refractivity contribution >= 4 is 22.1 Å². The molecular weight excluding hydrogens is 295 g/mol. The molecule has 0 bridgehead atoms. The number of halogens is 3. The summed E-state index contributed by atoms with van der Waals surface area (Å²) in [6.45, 7) is -1.84. The number of carboxylic acids is 1. The highest BCUT2D eigenvalue weighted by atomic mass is 32.2. The van der Waals surface area contributed by atoms with Crippen molar-refractivity contribution in [3.63, 3.8) is 0 Å². The van der Waals surface area contributed by atoms with Crippen LogP contribution in [0, 0.1) is 0 Å². The van der Waals surface area contributed by atoms with Gasteiger partial charge in [-0.2, -0.15) is 31.0 Å². The first-order valence-corrected chi connectivity index (χ1v) is 6.26. The summed E-state index contributed by atoms with van der Waals surface area (Å²) in [5.41, 5.74) is 4.75. The molecule has 0 saturated heterocycles. The van der Waals surface area contributed by atoms with Gasteiger partial charge in [-0.15, -0.1) is 0 Å². The normalized spacial score (nSPS) is 14.1. The molecule has 0 aliphatic rings. The van der Waals surface area contributed by atoms with E-state index in [1.165, 1.54) is 4.72 Å². The summed E-state index contributed by atoms with van der Waals surface area (Å²) >= 11 is 0. The highest BCUT2D eigenvalue weighted by Crippen LogP contribution is 2.12. The molecule has 0 aliphatic heterocycles. The topological polar surface area (TPSA) is 139 Å². The van der Waals surface area contributed by atoms with Crippen LogP contribution in [0.3, 0.4) is 0 Å². The monoisotopic (exact) mass is 307 g/mol. The van der Waals surface area contributed by atoms with Crippen molar-refractivity contribution in [3.8, 4) is 0 Å². The highest BCUT2D eigenvalue weighted by molar-refractivity contribution is 7.87. The van der Waals surface area contributed by atoms with Crippen LogP contribution in [-0.2, 0) is 19.8 Å². The van der Waals surface area contributed by atoms with Crippen LogP contribution < -0.4 is 15.2 Å².